The lowest BCUT2D eigenvalue weighted by Crippen LogP contribution is -2.58. The van der Waals surface area contributed by atoms with Crippen LogP contribution >= 0.6 is 23.2 Å². The fourth-order valence-corrected chi connectivity index (χ4v) is 6.64. The minimum Gasteiger partial charge on any atom is -0.475 e. The maximum absolute atomic E-state index is 12.5. The number of benzene rings is 1. The molecule has 40 heavy (non-hydrogen) atoms. The molecular formula is C30H36Cl2N6O2. The van der Waals surface area contributed by atoms with Crippen molar-refractivity contribution in [2.75, 3.05) is 49.6 Å². The summed E-state index contributed by atoms with van der Waals surface area (Å²) in [6.07, 6.45) is 4.26. The first kappa shape index (κ1) is 28.5. The van der Waals surface area contributed by atoms with Gasteiger partial charge in [0.2, 0.25) is 11.8 Å². The number of piperazine rings is 1. The van der Waals surface area contributed by atoms with Crippen LogP contribution in [0.15, 0.2) is 30.9 Å². The minimum atomic E-state index is -0.0741. The SMILES string of the molecule is C=CC(=O)N1C[C@H](C)N(c2c(C#N)c(OCC3CCCN3C)nc3c2CCN(c2cccc(Cl)c2Cl)C3)C[C@H]1C. The zero-order valence-corrected chi connectivity index (χ0v) is 24.9. The number of rotatable bonds is 6. The van der Waals surface area contributed by atoms with E-state index in [1.807, 2.05) is 24.0 Å². The topological polar surface area (TPSA) is 75.9 Å². The van der Waals surface area contributed by atoms with Crippen molar-refractivity contribution >= 4 is 40.5 Å². The number of likely N-dealkylation sites (N-methyl/N-ethyl adjacent to an activating group) is 1. The molecule has 0 spiro atoms. The summed E-state index contributed by atoms with van der Waals surface area (Å²) in [5, 5.41) is 11.5. The third-order valence-electron chi connectivity index (χ3n) is 8.49. The van der Waals surface area contributed by atoms with Crippen LogP contribution in [0.5, 0.6) is 5.88 Å². The van der Waals surface area contributed by atoms with E-state index in [4.69, 9.17) is 32.9 Å². The Hall–Kier alpha value is -2.99. The van der Waals surface area contributed by atoms with Gasteiger partial charge in [-0.2, -0.15) is 5.26 Å². The van der Waals surface area contributed by atoms with Crippen molar-refractivity contribution in [1.82, 2.24) is 14.8 Å². The van der Waals surface area contributed by atoms with Crippen molar-refractivity contribution in [1.29, 1.82) is 5.26 Å². The molecule has 0 bridgehead atoms. The number of carbonyl (C=O) groups is 1. The van der Waals surface area contributed by atoms with Gasteiger partial charge in [0.15, 0.2) is 0 Å². The maximum atomic E-state index is 12.5. The largest absolute Gasteiger partial charge is 0.475 e. The van der Waals surface area contributed by atoms with Crippen LogP contribution < -0.4 is 14.5 Å². The fraction of sp³-hybridized carbons (Fsp3) is 0.500. The molecule has 1 aromatic heterocycles. The van der Waals surface area contributed by atoms with Gasteiger partial charge >= 0.3 is 0 Å². The van der Waals surface area contributed by atoms with Crippen molar-refractivity contribution in [3.63, 3.8) is 0 Å². The van der Waals surface area contributed by atoms with Gasteiger partial charge in [-0.25, -0.2) is 4.98 Å². The van der Waals surface area contributed by atoms with Gasteiger partial charge in [0.25, 0.3) is 0 Å². The number of halogens is 2. The third kappa shape index (κ3) is 5.35. The number of ether oxygens (including phenoxy) is 1. The molecule has 3 aliphatic heterocycles. The quantitative estimate of drug-likeness (QED) is 0.448. The zero-order chi connectivity index (χ0) is 28.6. The molecule has 212 valence electrons. The van der Waals surface area contributed by atoms with E-state index >= 15 is 0 Å². The molecule has 1 unspecified atom stereocenters. The number of aromatic nitrogens is 1. The second kappa shape index (κ2) is 11.9. The number of hydrogen-bond acceptors (Lipinski definition) is 7. The van der Waals surface area contributed by atoms with Gasteiger partial charge in [0, 0.05) is 43.3 Å². The van der Waals surface area contributed by atoms with E-state index in [2.05, 4.69) is 41.3 Å². The highest BCUT2D eigenvalue weighted by atomic mass is 35.5. The molecule has 2 aromatic rings. The summed E-state index contributed by atoms with van der Waals surface area (Å²) in [4.78, 5) is 26.1. The predicted octanol–water partition coefficient (Wildman–Crippen LogP) is 4.91. The Bertz CT molecular complexity index is 1340. The molecule has 1 aromatic carbocycles. The summed E-state index contributed by atoms with van der Waals surface area (Å²) < 4.78 is 6.36. The third-order valence-corrected chi connectivity index (χ3v) is 9.30. The zero-order valence-electron chi connectivity index (χ0n) is 23.4. The van der Waals surface area contributed by atoms with Gasteiger partial charge in [0.05, 0.1) is 33.7 Å². The van der Waals surface area contributed by atoms with Gasteiger partial charge in [-0.3, -0.25) is 4.79 Å². The number of carbonyl (C=O) groups excluding carboxylic acids is 1. The number of amides is 1. The molecule has 0 N–H and O–H groups in total. The fourth-order valence-electron chi connectivity index (χ4n) is 6.23. The number of likely N-dealkylation sites (tertiary alicyclic amines) is 1. The van der Waals surface area contributed by atoms with Crippen LogP contribution in [0, 0.1) is 11.3 Å². The van der Waals surface area contributed by atoms with Crippen LogP contribution in [0.1, 0.15) is 43.5 Å². The van der Waals surface area contributed by atoms with Gasteiger partial charge in [-0.15, -0.1) is 0 Å². The van der Waals surface area contributed by atoms with Crippen molar-refractivity contribution in [3.8, 4) is 11.9 Å². The molecule has 4 heterocycles. The Morgan fingerprint density at radius 3 is 2.75 bits per heavy atom. The molecule has 2 saturated heterocycles. The second-order valence-electron chi connectivity index (χ2n) is 11.1. The Morgan fingerprint density at radius 2 is 2.05 bits per heavy atom. The van der Waals surface area contributed by atoms with Crippen molar-refractivity contribution in [2.24, 2.45) is 0 Å². The molecule has 5 rings (SSSR count). The minimum absolute atomic E-state index is 0.00656. The van der Waals surface area contributed by atoms with Crippen LogP contribution in [0.2, 0.25) is 10.0 Å². The Morgan fingerprint density at radius 1 is 1.25 bits per heavy atom. The van der Waals surface area contributed by atoms with Crippen LogP contribution in [-0.4, -0.2) is 78.7 Å². The van der Waals surface area contributed by atoms with Crippen molar-refractivity contribution in [3.05, 3.63) is 57.7 Å². The van der Waals surface area contributed by atoms with Crippen LogP contribution in [0.3, 0.4) is 0 Å². The highest BCUT2D eigenvalue weighted by Crippen LogP contribution is 2.41. The van der Waals surface area contributed by atoms with Crippen LogP contribution in [0.25, 0.3) is 0 Å². The van der Waals surface area contributed by atoms with Gasteiger partial charge in [-0.1, -0.05) is 35.8 Å². The standard InChI is InChI=1S/C30H36Cl2N6O2/c1-5-27(39)37-15-20(3)38(16-19(37)2)29-22-11-13-36(26-10-6-9-24(31)28(26)32)17-25(22)34-30(23(29)14-33)40-18-21-8-7-12-35(21)4/h5-6,9-10,19-21H,1,7-8,11-13,15-18H2,2-4H3/t19-,20+,21?/m1/s1. The molecule has 1 amide bonds. The predicted molar refractivity (Wildman–Crippen MR) is 159 cm³/mol. The summed E-state index contributed by atoms with van der Waals surface area (Å²) in [6.45, 7) is 11.7. The smallest absolute Gasteiger partial charge is 0.246 e. The molecule has 3 atom stereocenters. The molecule has 2 fully saturated rings. The van der Waals surface area contributed by atoms with Crippen molar-refractivity contribution in [2.45, 2.75) is 57.8 Å². The molecule has 10 heteroatoms. The van der Waals surface area contributed by atoms with Gasteiger partial charge in [0.1, 0.15) is 18.2 Å². The first-order valence-corrected chi connectivity index (χ1v) is 14.7. The van der Waals surface area contributed by atoms with Crippen LogP contribution in [-0.2, 0) is 17.8 Å². The molecule has 3 aliphatic rings. The van der Waals surface area contributed by atoms with E-state index in [1.54, 1.807) is 6.07 Å². The van der Waals surface area contributed by atoms with Gasteiger partial charge < -0.3 is 24.3 Å². The molecular weight excluding hydrogens is 547 g/mol. The number of nitriles is 1. The Balaban J connectivity index is 1.55. The highest BCUT2D eigenvalue weighted by Gasteiger charge is 2.37. The number of hydrogen-bond donors (Lipinski definition) is 0. The molecule has 0 saturated carbocycles. The molecule has 0 aliphatic carbocycles. The Kier molecular flexibility index (Phi) is 8.46. The summed E-state index contributed by atoms with van der Waals surface area (Å²) >= 11 is 12.9. The Labute approximate surface area is 246 Å². The lowest BCUT2D eigenvalue weighted by molar-refractivity contribution is -0.128. The summed E-state index contributed by atoms with van der Waals surface area (Å²) in [6, 6.07) is 8.34. The summed E-state index contributed by atoms with van der Waals surface area (Å²) in [5.74, 6) is 0.301. The van der Waals surface area contributed by atoms with E-state index in [0.29, 0.717) is 66.7 Å². The summed E-state index contributed by atoms with van der Waals surface area (Å²) in [5.41, 5.74) is 4.14. The number of anilines is 2. The van der Waals surface area contributed by atoms with E-state index < -0.39 is 0 Å². The number of nitrogens with zero attached hydrogens (tertiary/aromatic N) is 6. The number of fused-ring (bicyclic) bond motifs is 1. The highest BCUT2D eigenvalue weighted by molar-refractivity contribution is 6.43. The first-order chi connectivity index (χ1) is 19.2. The number of pyridine rings is 1. The van der Waals surface area contributed by atoms with E-state index in [0.717, 1.165) is 42.0 Å². The van der Waals surface area contributed by atoms with Gasteiger partial charge in [-0.05, 0) is 64.9 Å². The average molecular weight is 584 g/mol. The van der Waals surface area contributed by atoms with Crippen LogP contribution in [0.4, 0.5) is 11.4 Å². The van der Waals surface area contributed by atoms with E-state index in [1.165, 1.54) is 6.08 Å². The first-order valence-electron chi connectivity index (χ1n) is 13.9. The molecule has 8 nitrogen and oxygen atoms in total. The van der Waals surface area contributed by atoms with Crippen molar-refractivity contribution < 1.29 is 9.53 Å². The van der Waals surface area contributed by atoms with E-state index in [-0.39, 0.29) is 18.0 Å². The summed E-state index contributed by atoms with van der Waals surface area (Å²) in [7, 11) is 2.11. The van der Waals surface area contributed by atoms with E-state index in [9.17, 15) is 10.1 Å². The second-order valence-corrected chi connectivity index (χ2v) is 11.8. The average Bonchev–Trinajstić information content (AvgIpc) is 3.37. The lowest BCUT2D eigenvalue weighted by atomic mass is 9.96. The normalized spacial score (nSPS) is 23.1. The maximum Gasteiger partial charge on any atom is 0.246 e. The lowest BCUT2D eigenvalue weighted by Gasteiger charge is -2.46. The molecule has 0 radical (unpaired) electrons. The monoisotopic (exact) mass is 582 g/mol.